The highest BCUT2D eigenvalue weighted by Gasteiger charge is 2.21. The third kappa shape index (κ3) is 9.89. The number of carboxylic acids is 2. The van der Waals surface area contributed by atoms with Gasteiger partial charge in [-0.15, -0.1) is 0 Å². The van der Waals surface area contributed by atoms with Crippen molar-refractivity contribution >= 4 is 11.9 Å². The fourth-order valence-electron chi connectivity index (χ4n) is 3.70. The smallest absolute Gasteiger partial charge is 0.328 e. The molecule has 2 aromatic carbocycles. The van der Waals surface area contributed by atoms with Crippen LogP contribution in [0, 0.1) is 0 Å². The minimum absolute atomic E-state index is 0.0150. The lowest BCUT2D eigenvalue weighted by atomic mass is 9.86. The first-order valence-electron chi connectivity index (χ1n) is 10.9. The largest absolute Gasteiger partial charge is 0.508 e. The Hall–Kier alpha value is -3.16. The van der Waals surface area contributed by atoms with Crippen LogP contribution in [0.3, 0.4) is 0 Å². The van der Waals surface area contributed by atoms with Crippen LogP contribution in [0.25, 0.3) is 0 Å². The quantitative estimate of drug-likeness (QED) is 0.394. The van der Waals surface area contributed by atoms with Gasteiger partial charge in [0.2, 0.25) is 0 Å². The Kier molecular flexibility index (Phi) is 11.9. The molecule has 7 nitrogen and oxygen atoms in total. The molecule has 0 aromatic heterocycles. The minimum atomic E-state index is -1.26. The van der Waals surface area contributed by atoms with Crippen LogP contribution in [0.5, 0.6) is 5.75 Å². The van der Waals surface area contributed by atoms with Crippen LogP contribution in [0.2, 0.25) is 0 Å². The van der Waals surface area contributed by atoms with Gasteiger partial charge in [-0.2, -0.15) is 0 Å². The van der Waals surface area contributed by atoms with Gasteiger partial charge in [0.15, 0.2) is 0 Å². The van der Waals surface area contributed by atoms with Crippen molar-refractivity contribution in [1.82, 2.24) is 4.90 Å². The summed E-state index contributed by atoms with van der Waals surface area (Å²) >= 11 is 0. The van der Waals surface area contributed by atoms with Crippen LogP contribution in [0.1, 0.15) is 56.7 Å². The zero-order valence-corrected chi connectivity index (χ0v) is 19.7. The minimum Gasteiger partial charge on any atom is -0.508 e. The molecule has 7 heteroatoms. The molecule has 0 heterocycles. The van der Waals surface area contributed by atoms with Gasteiger partial charge in [-0.25, -0.2) is 9.59 Å². The summed E-state index contributed by atoms with van der Waals surface area (Å²) in [5.41, 5.74) is 2.92. The van der Waals surface area contributed by atoms with Crippen molar-refractivity contribution in [3.8, 4) is 5.75 Å². The number of aromatic hydroxyl groups is 1. The van der Waals surface area contributed by atoms with Gasteiger partial charge in [-0.1, -0.05) is 36.4 Å². The van der Waals surface area contributed by atoms with E-state index in [4.69, 9.17) is 10.2 Å². The zero-order valence-electron chi connectivity index (χ0n) is 19.7. The Bertz CT molecular complexity index is 884. The van der Waals surface area contributed by atoms with Crippen LogP contribution in [0.15, 0.2) is 60.7 Å². The van der Waals surface area contributed by atoms with Crippen LogP contribution >= 0.6 is 0 Å². The molecule has 1 atom stereocenters. The molecule has 4 N–H and O–H groups in total. The topological polar surface area (TPSA) is 118 Å². The number of aliphatic hydroxyl groups is 1. The lowest BCUT2D eigenvalue weighted by Crippen LogP contribution is -2.38. The van der Waals surface area contributed by atoms with E-state index < -0.39 is 11.9 Å². The summed E-state index contributed by atoms with van der Waals surface area (Å²) in [7, 11) is 0. The monoisotopic (exact) mass is 457 g/mol. The Morgan fingerprint density at radius 1 is 0.909 bits per heavy atom. The lowest BCUT2D eigenvalue weighted by Gasteiger charge is -2.32. The van der Waals surface area contributed by atoms with Crippen molar-refractivity contribution in [2.75, 3.05) is 6.54 Å². The van der Waals surface area contributed by atoms with Crippen LogP contribution in [-0.4, -0.2) is 55.9 Å². The highest BCUT2D eigenvalue weighted by Crippen LogP contribution is 2.35. The highest BCUT2D eigenvalue weighted by atomic mass is 16.4. The van der Waals surface area contributed by atoms with Crippen LogP contribution in [-0.2, 0) is 16.2 Å². The van der Waals surface area contributed by atoms with Crippen molar-refractivity contribution in [1.29, 1.82) is 0 Å². The van der Waals surface area contributed by atoms with E-state index in [9.17, 15) is 19.8 Å². The summed E-state index contributed by atoms with van der Waals surface area (Å²) < 4.78 is 0. The Balaban J connectivity index is 0.000000582. The second kappa shape index (κ2) is 14.1. The Labute approximate surface area is 195 Å². The van der Waals surface area contributed by atoms with E-state index in [-0.39, 0.29) is 12.5 Å². The van der Waals surface area contributed by atoms with E-state index in [2.05, 4.69) is 44.7 Å². The fourth-order valence-corrected chi connectivity index (χ4v) is 3.70. The normalized spacial score (nSPS) is 12.1. The molecule has 0 saturated heterocycles. The highest BCUT2D eigenvalue weighted by molar-refractivity contribution is 5.89. The molecule has 2 rings (SSSR count). The summed E-state index contributed by atoms with van der Waals surface area (Å²) in [6, 6.07) is 16.7. The van der Waals surface area contributed by atoms with Crippen LogP contribution in [0.4, 0.5) is 0 Å². The predicted molar refractivity (Wildman–Crippen MR) is 128 cm³/mol. The second-order valence-corrected chi connectivity index (χ2v) is 8.24. The average Bonchev–Trinajstić information content (AvgIpc) is 2.76. The molecule has 180 valence electrons. The number of benzene rings is 2. The van der Waals surface area contributed by atoms with Crippen molar-refractivity contribution in [2.24, 2.45) is 0 Å². The second-order valence-electron chi connectivity index (χ2n) is 8.24. The van der Waals surface area contributed by atoms with Gasteiger partial charge in [0.1, 0.15) is 5.75 Å². The third-order valence-electron chi connectivity index (χ3n) is 5.22. The molecule has 0 aliphatic heterocycles. The van der Waals surface area contributed by atoms with Gasteiger partial charge in [-0.3, -0.25) is 4.90 Å². The maximum Gasteiger partial charge on any atom is 0.328 e. The molecule has 0 radical (unpaired) electrons. The molecular weight excluding hydrogens is 422 g/mol. The zero-order chi connectivity index (χ0) is 25.0. The molecule has 0 aliphatic carbocycles. The SMILES string of the molecule is CC(C)N(CC[C@H](c1ccccc1)c1cc(CO)ccc1O)C(C)C.O=C(O)/C=C/C(=O)O. The van der Waals surface area contributed by atoms with E-state index >= 15 is 0 Å². The number of carboxylic acid groups (broad SMARTS) is 2. The van der Waals surface area contributed by atoms with Gasteiger partial charge in [0.05, 0.1) is 6.61 Å². The maximum absolute atomic E-state index is 10.5. The first-order valence-corrected chi connectivity index (χ1v) is 10.9. The van der Waals surface area contributed by atoms with Crippen molar-refractivity contribution < 1.29 is 30.0 Å². The van der Waals surface area contributed by atoms with Crippen molar-refractivity contribution in [3.05, 3.63) is 77.4 Å². The summed E-state index contributed by atoms with van der Waals surface area (Å²) in [5.74, 6) is -2.11. The number of hydrogen-bond donors (Lipinski definition) is 4. The molecule has 0 spiro atoms. The Morgan fingerprint density at radius 2 is 1.45 bits per heavy atom. The number of hydrogen-bond acceptors (Lipinski definition) is 5. The molecule has 0 saturated carbocycles. The molecule has 2 aromatic rings. The van der Waals surface area contributed by atoms with E-state index in [1.54, 1.807) is 12.1 Å². The molecule has 0 amide bonds. The van der Waals surface area contributed by atoms with E-state index in [1.165, 1.54) is 5.56 Å². The molecule has 33 heavy (non-hydrogen) atoms. The maximum atomic E-state index is 10.5. The molecule has 0 fully saturated rings. The van der Waals surface area contributed by atoms with E-state index in [0.717, 1.165) is 24.1 Å². The summed E-state index contributed by atoms with van der Waals surface area (Å²) in [4.78, 5) is 21.6. The predicted octanol–water partition coefficient (Wildman–Crippen LogP) is 4.24. The first-order chi connectivity index (χ1) is 15.6. The number of nitrogens with zero attached hydrogens (tertiary/aromatic N) is 1. The van der Waals surface area contributed by atoms with Gasteiger partial charge in [0.25, 0.3) is 0 Å². The fraction of sp³-hybridized carbons (Fsp3) is 0.385. The third-order valence-corrected chi connectivity index (χ3v) is 5.22. The first kappa shape index (κ1) is 27.9. The number of phenolic OH excluding ortho intramolecular Hbond substituents is 1. The Morgan fingerprint density at radius 3 is 1.91 bits per heavy atom. The summed E-state index contributed by atoms with van der Waals surface area (Å²) in [5, 5.41) is 35.6. The standard InChI is InChI=1S/C22H31NO2.C4H4O4/c1-16(2)23(17(3)4)13-12-20(19-8-6-5-7-9-19)21-14-18(15-24)10-11-22(21)25;5-3(6)1-2-4(7)8/h5-11,14,16-17,20,24-25H,12-13,15H2,1-4H3;1-2H,(H,5,6)(H,7,8)/b;2-1+/t20-;/m1./s1. The van der Waals surface area contributed by atoms with E-state index in [0.29, 0.717) is 30.0 Å². The molecular formula is C26H35NO6. The molecule has 0 bridgehead atoms. The number of aliphatic hydroxyl groups excluding tert-OH is 1. The van der Waals surface area contributed by atoms with Crippen molar-refractivity contribution in [2.45, 2.75) is 58.7 Å². The molecule has 0 aliphatic rings. The number of carbonyl (C=O) groups is 2. The number of rotatable bonds is 10. The summed E-state index contributed by atoms with van der Waals surface area (Å²) in [6.07, 6.45) is 2.04. The van der Waals surface area contributed by atoms with E-state index in [1.807, 2.05) is 24.3 Å². The number of phenols is 1. The van der Waals surface area contributed by atoms with Gasteiger partial charge >= 0.3 is 11.9 Å². The van der Waals surface area contributed by atoms with Gasteiger partial charge in [-0.05, 0) is 63.9 Å². The average molecular weight is 458 g/mol. The van der Waals surface area contributed by atoms with Gasteiger partial charge < -0.3 is 20.4 Å². The molecule has 0 unspecified atom stereocenters. The van der Waals surface area contributed by atoms with Crippen LogP contribution < -0.4 is 0 Å². The van der Waals surface area contributed by atoms with Crippen molar-refractivity contribution in [3.63, 3.8) is 0 Å². The number of aliphatic carboxylic acids is 2. The lowest BCUT2D eigenvalue weighted by molar-refractivity contribution is -0.134. The van der Waals surface area contributed by atoms with Gasteiger partial charge in [0, 0.05) is 35.7 Å². The summed E-state index contributed by atoms with van der Waals surface area (Å²) in [6.45, 7) is 9.84.